The van der Waals surface area contributed by atoms with Gasteiger partial charge in [0, 0.05) is 41.5 Å². The van der Waals surface area contributed by atoms with Crippen LogP contribution in [0.4, 0.5) is 11.4 Å². The van der Waals surface area contributed by atoms with E-state index in [2.05, 4.69) is 53.5 Å². The molecule has 0 aliphatic carbocycles. The van der Waals surface area contributed by atoms with Crippen LogP contribution in [0.1, 0.15) is 12.0 Å². The van der Waals surface area contributed by atoms with E-state index < -0.39 is 0 Å². The van der Waals surface area contributed by atoms with Gasteiger partial charge in [-0.15, -0.1) is 11.8 Å². The zero-order chi connectivity index (χ0) is 19.2. The van der Waals surface area contributed by atoms with Crippen LogP contribution in [0.15, 0.2) is 59.5 Å². The average molecular weight is 382 g/mol. The molecule has 5 heteroatoms. The lowest BCUT2D eigenvalue weighted by Gasteiger charge is -2.22. The van der Waals surface area contributed by atoms with Crippen molar-refractivity contribution >= 4 is 35.1 Å². The molecule has 0 saturated carbocycles. The molecule has 0 spiro atoms. The predicted molar refractivity (Wildman–Crippen MR) is 117 cm³/mol. The summed E-state index contributed by atoms with van der Waals surface area (Å²) < 4.78 is 0. The Morgan fingerprint density at radius 3 is 2.44 bits per heavy atom. The summed E-state index contributed by atoms with van der Waals surface area (Å²) in [6.45, 7) is 2.13. The van der Waals surface area contributed by atoms with Crippen LogP contribution in [0.2, 0.25) is 0 Å². The van der Waals surface area contributed by atoms with Crippen LogP contribution in [0.3, 0.4) is 0 Å². The van der Waals surface area contributed by atoms with E-state index in [0.717, 1.165) is 24.3 Å². The lowest BCUT2D eigenvalue weighted by molar-refractivity contribution is -0.111. The first kappa shape index (κ1) is 19.5. The molecule has 2 aromatic carbocycles. The fourth-order valence-electron chi connectivity index (χ4n) is 3.22. The lowest BCUT2D eigenvalue weighted by Crippen LogP contribution is -2.31. The molecule has 3 rings (SSSR count). The van der Waals surface area contributed by atoms with Crippen molar-refractivity contribution in [1.82, 2.24) is 4.90 Å². The molecule has 0 radical (unpaired) electrons. The van der Waals surface area contributed by atoms with E-state index in [9.17, 15) is 4.79 Å². The smallest absolute Gasteiger partial charge is 0.248 e. The van der Waals surface area contributed by atoms with Crippen molar-refractivity contribution in [3.05, 3.63) is 60.2 Å². The third-order valence-electron chi connectivity index (χ3n) is 4.94. The van der Waals surface area contributed by atoms with Gasteiger partial charge in [-0.25, -0.2) is 0 Å². The molecule has 0 aromatic heterocycles. The van der Waals surface area contributed by atoms with Gasteiger partial charge in [0.25, 0.3) is 0 Å². The minimum absolute atomic E-state index is 0.120. The summed E-state index contributed by atoms with van der Waals surface area (Å²) in [5.74, 6) is -0.120. The normalized spacial score (nSPS) is 17.0. The molecule has 0 bridgehead atoms. The van der Waals surface area contributed by atoms with Gasteiger partial charge in [-0.2, -0.15) is 0 Å². The van der Waals surface area contributed by atoms with E-state index in [1.807, 2.05) is 36.6 Å². The summed E-state index contributed by atoms with van der Waals surface area (Å²) in [5, 5.41) is 2.92. The minimum Gasteiger partial charge on any atom is -0.370 e. The Balaban J connectivity index is 1.54. The summed E-state index contributed by atoms with van der Waals surface area (Å²) in [5.41, 5.74) is 3.04. The van der Waals surface area contributed by atoms with Crippen molar-refractivity contribution in [3.8, 4) is 0 Å². The standard InChI is InChI=1S/C22H27N3OS/c1-24(2)20-14-15-25(16-20)19-9-7-18(8-10-19)23-22(26)13-6-17-4-11-21(27-3)12-5-17/h4-13,20H,14-16H2,1-3H3,(H,23,26). The number of carbonyl (C=O) groups excluding carboxylic acids is 1. The second kappa shape index (κ2) is 9.11. The number of hydrogen-bond donors (Lipinski definition) is 1. The largest absolute Gasteiger partial charge is 0.370 e. The molecular weight excluding hydrogens is 354 g/mol. The van der Waals surface area contributed by atoms with Crippen LogP contribution in [0.25, 0.3) is 6.08 Å². The number of nitrogens with one attached hydrogen (secondary N) is 1. The highest BCUT2D eigenvalue weighted by molar-refractivity contribution is 7.98. The Morgan fingerprint density at radius 1 is 1.15 bits per heavy atom. The van der Waals surface area contributed by atoms with Crippen LogP contribution < -0.4 is 10.2 Å². The molecule has 1 aliphatic heterocycles. The molecule has 1 amide bonds. The SMILES string of the molecule is CSc1ccc(C=CC(=O)Nc2ccc(N3CCC(N(C)C)C3)cc2)cc1. The number of nitrogens with zero attached hydrogens (tertiary/aromatic N) is 2. The number of rotatable bonds is 6. The first-order valence-corrected chi connectivity index (χ1v) is 10.4. The molecule has 1 fully saturated rings. The van der Waals surface area contributed by atoms with E-state index >= 15 is 0 Å². The molecule has 27 heavy (non-hydrogen) atoms. The Kier molecular flexibility index (Phi) is 6.58. The van der Waals surface area contributed by atoms with Crippen molar-refractivity contribution in [3.63, 3.8) is 0 Å². The highest BCUT2D eigenvalue weighted by atomic mass is 32.2. The summed E-state index contributed by atoms with van der Waals surface area (Å²) in [6.07, 6.45) is 6.64. The van der Waals surface area contributed by atoms with Gasteiger partial charge in [-0.3, -0.25) is 4.79 Å². The number of likely N-dealkylation sites (N-methyl/N-ethyl adjacent to an activating group) is 1. The molecule has 2 aromatic rings. The van der Waals surface area contributed by atoms with Gasteiger partial charge in [0.1, 0.15) is 0 Å². The van der Waals surface area contributed by atoms with Crippen molar-refractivity contribution in [2.75, 3.05) is 43.7 Å². The van der Waals surface area contributed by atoms with E-state index in [-0.39, 0.29) is 5.91 Å². The number of anilines is 2. The minimum atomic E-state index is -0.120. The molecule has 4 nitrogen and oxygen atoms in total. The van der Waals surface area contributed by atoms with Gasteiger partial charge in [0.05, 0.1) is 0 Å². The number of thioether (sulfide) groups is 1. The van der Waals surface area contributed by atoms with Crippen LogP contribution in [-0.2, 0) is 4.79 Å². The predicted octanol–water partition coefficient (Wildman–Crippen LogP) is 4.20. The van der Waals surface area contributed by atoms with Gasteiger partial charge in [-0.1, -0.05) is 12.1 Å². The quantitative estimate of drug-likeness (QED) is 0.601. The van der Waals surface area contributed by atoms with Gasteiger partial charge in [0.15, 0.2) is 0 Å². The van der Waals surface area contributed by atoms with Crippen molar-refractivity contribution in [2.45, 2.75) is 17.4 Å². The second-order valence-corrected chi connectivity index (χ2v) is 7.87. The van der Waals surface area contributed by atoms with Crippen LogP contribution in [-0.4, -0.2) is 50.3 Å². The van der Waals surface area contributed by atoms with Gasteiger partial charge in [-0.05, 0) is 74.8 Å². The number of hydrogen-bond acceptors (Lipinski definition) is 4. The Hall–Kier alpha value is -2.24. The average Bonchev–Trinajstić information content (AvgIpc) is 3.18. The fraction of sp³-hybridized carbons (Fsp3) is 0.318. The van der Waals surface area contributed by atoms with Gasteiger partial charge in [0.2, 0.25) is 5.91 Å². The molecule has 1 heterocycles. The van der Waals surface area contributed by atoms with Crippen molar-refractivity contribution in [1.29, 1.82) is 0 Å². The number of amides is 1. The van der Waals surface area contributed by atoms with Crippen LogP contribution in [0, 0.1) is 0 Å². The van der Waals surface area contributed by atoms with Crippen molar-refractivity contribution < 1.29 is 4.79 Å². The molecule has 1 unspecified atom stereocenters. The third-order valence-corrected chi connectivity index (χ3v) is 5.68. The highest BCUT2D eigenvalue weighted by Gasteiger charge is 2.23. The van der Waals surface area contributed by atoms with Crippen molar-refractivity contribution in [2.24, 2.45) is 0 Å². The van der Waals surface area contributed by atoms with Crippen LogP contribution in [0.5, 0.6) is 0 Å². The first-order valence-electron chi connectivity index (χ1n) is 9.20. The Labute approximate surface area is 166 Å². The topological polar surface area (TPSA) is 35.6 Å². The third kappa shape index (κ3) is 5.37. The monoisotopic (exact) mass is 381 g/mol. The zero-order valence-corrected chi connectivity index (χ0v) is 17.0. The Bertz CT molecular complexity index is 784. The lowest BCUT2D eigenvalue weighted by atomic mass is 10.2. The second-order valence-electron chi connectivity index (χ2n) is 6.99. The summed E-state index contributed by atoms with van der Waals surface area (Å²) >= 11 is 1.71. The first-order chi connectivity index (χ1) is 13.0. The maximum absolute atomic E-state index is 12.2. The maximum Gasteiger partial charge on any atom is 0.248 e. The molecule has 1 atom stereocenters. The van der Waals surface area contributed by atoms with E-state index in [0.29, 0.717) is 6.04 Å². The number of benzene rings is 2. The summed E-state index contributed by atoms with van der Waals surface area (Å²) in [4.78, 5) is 18.0. The van der Waals surface area contributed by atoms with E-state index in [1.165, 1.54) is 17.0 Å². The van der Waals surface area contributed by atoms with Gasteiger partial charge < -0.3 is 15.1 Å². The van der Waals surface area contributed by atoms with E-state index in [4.69, 9.17) is 0 Å². The number of carbonyl (C=O) groups is 1. The van der Waals surface area contributed by atoms with E-state index in [1.54, 1.807) is 17.8 Å². The maximum atomic E-state index is 12.2. The molecule has 1 aliphatic rings. The van der Waals surface area contributed by atoms with Gasteiger partial charge >= 0.3 is 0 Å². The molecule has 142 valence electrons. The molecule has 1 N–H and O–H groups in total. The highest BCUT2D eigenvalue weighted by Crippen LogP contribution is 2.24. The molecular formula is C22H27N3OS. The zero-order valence-electron chi connectivity index (χ0n) is 16.2. The Morgan fingerprint density at radius 2 is 1.85 bits per heavy atom. The van der Waals surface area contributed by atoms with Crippen LogP contribution >= 0.6 is 11.8 Å². The summed E-state index contributed by atoms with van der Waals surface area (Å²) in [7, 11) is 4.27. The fourth-order valence-corrected chi connectivity index (χ4v) is 3.63. The summed E-state index contributed by atoms with van der Waals surface area (Å²) in [6, 6.07) is 16.9. The molecule has 1 saturated heterocycles.